The van der Waals surface area contributed by atoms with Crippen molar-refractivity contribution < 1.29 is 14.3 Å². The zero-order chi connectivity index (χ0) is 22.3. The number of ether oxygens (including phenoxy) is 2. The van der Waals surface area contributed by atoms with Gasteiger partial charge in [-0.05, 0) is 37.6 Å². The summed E-state index contributed by atoms with van der Waals surface area (Å²) in [7, 11) is 3.24. The van der Waals surface area contributed by atoms with Crippen molar-refractivity contribution in [2.75, 3.05) is 24.9 Å². The number of aromatic nitrogens is 3. The molecule has 0 unspecified atom stereocenters. The fourth-order valence-electron chi connectivity index (χ4n) is 3.27. The highest BCUT2D eigenvalue weighted by atomic mass is 16.5. The first kappa shape index (κ1) is 22.3. The highest BCUT2D eigenvalue weighted by Gasteiger charge is 2.25. The Morgan fingerprint density at radius 3 is 2.71 bits per heavy atom. The maximum Gasteiger partial charge on any atom is 0.225 e. The minimum atomic E-state index is -0.731. The van der Waals surface area contributed by atoms with Crippen molar-refractivity contribution in [2.45, 2.75) is 45.2 Å². The Morgan fingerprint density at radius 1 is 1.16 bits per heavy atom. The number of pyridine rings is 1. The quantitative estimate of drug-likeness (QED) is 0.443. The van der Waals surface area contributed by atoms with Crippen molar-refractivity contribution >= 4 is 29.1 Å². The smallest absolute Gasteiger partial charge is 0.225 e. The first-order chi connectivity index (χ1) is 15.0. The molecule has 3 rings (SSSR count). The Kier molecular flexibility index (Phi) is 7.23. The van der Waals surface area contributed by atoms with Gasteiger partial charge in [-0.3, -0.25) is 4.98 Å². The zero-order valence-corrected chi connectivity index (χ0v) is 18.4. The van der Waals surface area contributed by atoms with Gasteiger partial charge in [-0.1, -0.05) is 19.8 Å². The van der Waals surface area contributed by atoms with E-state index < -0.39 is 5.54 Å². The van der Waals surface area contributed by atoms with Gasteiger partial charge in [0.05, 0.1) is 25.3 Å². The number of aldehydes is 1. The molecule has 0 radical (unpaired) electrons. The Hall–Kier alpha value is -3.42. The van der Waals surface area contributed by atoms with Crippen LogP contribution < -0.4 is 20.1 Å². The number of carbonyl (C=O) groups is 1. The van der Waals surface area contributed by atoms with E-state index in [0.717, 1.165) is 30.4 Å². The molecule has 3 aromatic rings. The van der Waals surface area contributed by atoms with E-state index in [0.29, 0.717) is 41.5 Å². The lowest BCUT2D eigenvalue weighted by Gasteiger charge is -2.25. The third-order valence-electron chi connectivity index (χ3n) is 5.10. The van der Waals surface area contributed by atoms with Gasteiger partial charge < -0.3 is 24.9 Å². The van der Waals surface area contributed by atoms with Crippen molar-refractivity contribution in [3.8, 4) is 11.5 Å². The normalized spacial score (nSPS) is 12.8. The number of fused-ring (bicyclic) bond motifs is 1. The Balaban J connectivity index is 1.89. The molecular weight excluding hydrogens is 394 g/mol. The number of benzene rings is 1. The van der Waals surface area contributed by atoms with Crippen LogP contribution in [0.5, 0.6) is 11.5 Å². The fraction of sp³-hybridized carbons (Fsp3) is 0.391. The van der Waals surface area contributed by atoms with Gasteiger partial charge in [0.15, 0.2) is 5.82 Å². The highest BCUT2D eigenvalue weighted by molar-refractivity contribution is 5.88. The Bertz CT molecular complexity index is 1040. The molecule has 1 atom stereocenters. The molecule has 0 spiro atoms. The summed E-state index contributed by atoms with van der Waals surface area (Å²) in [5, 5.41) is 6.55. The molecular formula is C23H29N5O3. The van der Waals surface area contributed by atoms with E-state index in [1.807, 2.05) is 37.3 Å². The van der Waals surface area contributed by atoms with E-state index in [1.54, 1.807) is 20.4 Å². The van der Waals surface area contributed by atoms with Crippen LogP contribution in [0.4, 0.5) is 11.8 Å². The molecule has 2 aromatic heterocycles. The summed E-state index contributed by atoms with van der Waals surface area (Å²) in [4.78, 5) is 25.5. The van der Waals surface area contributed by atoms with Crippen LogP contribution in [0.25, 0.3) is 11.0 Å². The molecule has 8 nitrogen and oxygen atoms in total. The predicted octanol–water partition coefficient (Wildman–Crippen LogP) is 4.21. The van der Waals surface area contributed by atoms with E-state index in [4.69, 9.17) is 9.47 Å². The lowest BCUT2D eigenvalue weighted by Crippen LogP contribution is -2.37. The molecule has 0 saturated heterocycles. The van der Waals surface area contributed by atoms with E-state index in [2.05, 4.69) is 32.5 Å². The van der Waals surface area contributed by atoms with Gasteiger partial charge in [0.1, 0.15) is 23.3 Å². The van der Waals surface area contributed by atoms with Gasteiger partial charge >= 0.3 is 0 Å². The van der Waals surface area contributed by atoms with Gasteiger partial charge in [-0.2, -0.15) is 4.98 Å². The zero-order valence-electron chi connectivity index (χ0n) is 18.4. The largest absolute Gasteiger partial charge is 0.497 e. The SMILES string of the molecule is CCCC[C@](C)(C=O)Nc1nc(NCc2ccc(OC)cc2OC)nc2cccnc12. The summed E-state index contributed by atoms with van der Waals surface area (Å²) >= 11 is 0. The first-order valence-electron chi connectivity index (χ1n) is 10.3. The minimum Gasteiger partial charge on any atom is -0.497 e. The van der Waals surface area contributed by atoms with E-state index >= 15 is 0 Å². The number of hydrogen-bond donors (Lipinski definition) is 2. The van der Waals surface area contributed by atoms with E-state index in [-0.39, 0.29) is 0 Å². The summed E-state index contributed by atoms with van der Waals surface area (Å²) in [5.74, 6) is 2.39. The molecule has 0 bridgehead atoms. The van der Waals surface area contributed by atoms with Crippen molar-refractivity contribution in [1.29, 1.82) is 0 Å². The lowest BCUT2D eigenvalue weighted by atomic mass is 9.96. The number of nitrogens with zero attached hydrogens (tertiary/aromatic N) is 3. The number of rotatable bonds is 11. The van der Waals surface area contributed by atoms with Crippen LogP contribution in [0, 0.1) is 0 Å². The summed E-state index contributed by atoms with van der Waals surface area (Å²) < 4.78 is 10.7. The molecule has 0 aliphatic heterocycles. The number of nitrogens with one attached hydrogen (secondary N) is 2. The monoisotopic (exact) mass is 423 g/mol. The predicted molar refractivity (Wildman–Crippen MR) is 122 cm³/mol. The summed E-state index contributed by atoms with van der Waals surface area (Å²) in [6, 6.07) is 9.34. The summed E-state index contributed by atoms with van der Waals surface area (Å²) in [5.41, 5.74) is 1.52. The van der Waals surface area contributed by atoms with Gasteiger partial charge in [0.25, 0.3) is 0 Å². The number of carbonyl (C=O) groups excluding carboxylic acids is 1. The van der Waals surface area contributed by atoms with Gasteiger partial charge in [-0.25, -0.2) is 4.98 Å². The molecule has 164 valence electrons. The molecule has 0 amide bonds. The molecule has 8 heteroatoms. The van der Waals surface area contributed by atoms with Crippen molar-refractivity contribution in [1.82, 2.24) is 15.0 Å². The third kappa shape index (κ3) is 5.39. The van der Waals surface area contributed by atoms with Crippen LogP contribution in [-0.4, -0.2) is 41.0 Å². The minimum absolute atomic E-state index is 0.435. The molecule has 2 heterocycles. The first-order valence-corrected chi connectivity index (χ1v) is 10.3. The van der Waals surface area contributed by atoms with Crippen molar-refractivity contribution in [2.24, 2.45) is 0 Å². The van der Waals surface area contributed by atoms with Crippen LogP contribution >= 0.6 is 0 Å². The number of hydrogen-bond acceptors (Lipinski definition) is 8. The van der Waals surface area contributed by atoms with E-state index in [1.165, 1.54) is 0 Å². The van der Waals surface area contributed by atoms with Crippen LogP contribution in [0.3, 0.4) is 0 Å². The van der Waals surface area contributed by atoms with Crippen LogP contribution in [0.2, 0.25) is 0 Å². The average molecular weight is 424 g/mol. The van der Waals surface area contributed by atoms with Gasteiger partial charge in [0, 0.05) is 24.4 Å². The fourth-order valence-corrected chi connectivity index (χ4v) is 3.27. The molecule has 31 heavy (non-hydrogen) atoms. The second-order valence-corrected chi connectivity index (χ2v) is 7.56. The second kappa shape index (κ2) is 10.1. The van der Waals surface area contributed by atoms with E-state index in [9.17, 15) is 4.79 Å². The van der Waals surface area contributed by atoms with Crippen molar-refractivity contribution in [3.63, 3.8) is 0 Å². The average Bonchev–Trinajstić information content (AvgIpc) is 2.81. The van der Waals surface area contributed by atoms with Crippen LogP contribution in [0.1, 0.15) is 38.7 Å². The Labute approximate surface area is 182 Å². The molecule has 0 fully saturated rings. The summed E-state index contributed by atoms with van der Waals surface area (Å²) in [6.07, 6.45) is 5.27. The maximum atomic E-state index is 11.8. The van der Waals surface area contributed by atoms with Gasteiger partial charge in [0.2, 0.25) is 5.95 Å². The summed E-state index contributed by atoms with van der Waals surface area (Å²) in [6.45, 7) is 4.43. The number of unbranched alkanes of at least 4 members (excludes halogenated alkanes) is 1. The third-order valence-corrected chi connectivity index (χ3v) is 5.10. The van der Waals surface area contributed by atoms with Crippen LogP contribution in [0.15, 0.2) is 36.5 Å². The number of methoxy groups -OCH3 is 2. The topological polar surface area (TPSA) is 98.3 Å². The highest BCUT2D eigenvalue weighted by Crippen LogP contribution is 2.27. The van der Waals surface area contributed by atoms with Gasteiger partial charge in [-0.15, -0.1) is 0 Å². The number of anilines is 2. The van der Waals surface area contributed by atoms with Crippen LogP contribution in [-0.2, 0) is 11.3 Å². The molecule has 0 saturated carbocycles. The maximum absolute atomic E-state index is 11.8. The second-order valence-electron chi connectivity index (χ2n) is 7.56. The molecule has 2 N–H and O–H groups in total. The van der Waals surface area contributed by atoms with Crippen molar-refractivity contribution in [3.05, 3.63) is 42.1 Å². The molecule has 0 aliphatic rings. The Morgan fingerprint density at radius 2 is 2.00 bits per heavy atom. The molecule has 0 aliphatic carbocycles. The lowest BCUT2D eigenvalue weighted by molar-refractivity contribution is -0.111. The standard InChI is InChI=1S/C23H29N5O3/c1-5-6-11-23(2,15-29)28-21-20-18(8-7-12-24-20)26-22(27-21)25-14-16-9-10-17(30-3)13-19(16)31-4/h7-10,12-13,15H,5-6,11,14H2,1-4H3,(H2,25,26,27,28)/t23-/m1/s1. The molecule has 1 aromatic carbocycles.